The Morgan fingerprint density at radius 3 is 2.21 bits per heavy atom. The van der Waals surface area contributed by atoms with Crippen LogP contribution in [-0.2, 0) is 16.0 Å². The number of carbonyl (C=O) groups is 3. The van der Waals surface area contributed by atoms with E-state index in [1.54, 1.807) is 38.3 Å². The summed E-state index contributed by atoms with van der Waals surface area (Å²) in [7, 11) is 1.61. The Hall–Kier alpha value is -3.55. The van der Waals surface area contributed by atoms with Crippen molar-refractivity contribution in [1.82, 2.24) is 10.2 Å². The molecule has 8 heteroatoms. The molecule has 33 heavy (non-hydrogen) atoms. The van der Waals surface area contributed by atoms with Gasteiger partial charge in [0.15, 0.2) is 0 Å². The number of rotatable bonds is 8. The van der Waals surface area contributed by atoms with Gasteiger partial charge in [0.25, 0.3) is 5.91 Å². The summed E-state index contributed by atoms with van der Waals surface area (Å²) in [5, 5.41) is 3.01. The number of amides is 2. The first-order chi connectivity index (χ1) is 16.0. The van der Waals surface area contributed by atoms with E-state index in [9.17, 15) is 14.4 Å². The van der Waals surface area contributed by atoms with Gasteiger partial charge in [-0.25, -0.2) is 4.79 Å². The third kappa shape index (κ3) is 7.24. The molecule has 0 atom stereocenters. The molecule has 1 heterocycles. The van der Waals surface area contributed by atoms with Crippen molar-refractivity contribution in [2.24, 2.45) is 5.92 Å². The molecule has 2 aromatic rings. The van der Waals surface area contributed by atoms with Crippen molar-refractivity contribution in [2.75, 3.05) is 33.4 Å². The molecule has 3 rings (SSSR count). The SMILES string of the molecule is CCOC(=O)Oc1ccc(C(=O)N2CCC(CNC(=O)Cc3ccc(OC)cc3)CC2)cc1. The minimum atomic E-state index is -0.769. The summed E-state index contributed by atoms with van der Waals surface area (Å²) >= 11 is 0. The van der Waals surface area contributed by atoms with E-state index in [0.717, 1.165) is 24.2 Å². The van der Waals surface area contributed by atoms with Crippen LogP contribution in [0.2, 0.25) is 0 Å². The highest BCUT2D eigenvalue weighted by atomic mass is 16.7. The van der Waals surface area contributed by atoms with E-state index in [0.29, 0.717) is 43.3 Å². The van der Waals surface area contributed by atoms with Gasteiger partial charge in [-0.2, -0.15) is 0 Å². The quantitative estimate of drug-likeness (QED) is 0.485. The summed E-state index contributed by atoms with van der Waals surface area (Å²) in [6.07, 6.45) is 1.23. The van der Waals surface area contributed by atoms with Crippen LogP contribution in [-0.4, -0.2) is 56.2 Å². The first-order valence-electron chi connectivity index (χ1n) is 11.1. The van der Waals surface area contributed by atoms with E-state index >= 15 is 0 Å². The third-order valence-corrected chi connectivity index (χ3v) is 5.58. The zero-order valence-electron chi connectivity index (χ0n) is 19.0. The second-order valence-electron chi connectivity index (χ2n) is 7.87. The number of hydrogen-bond acceptors (Lipinski definition) is 6. The molecule has 1 fully saturated rings. The molecule has 0 radical (unpaired) electrons. The monoisotopic (exact) mass is 454 g/mol. The van der Waals surface area contributed by atoms with Gasteiger partial charge < -0.3 is 24.4 Å². The highest BCUT2D eigenvalue weighted by Crippen LogP contribution is 2.20. The Balaban J connectivity index is 1.40. The Morgan fingerprint density at radius 2 is 1.61 bits per heavy atom. The van der Waals surface area contributed by atoms with Crippen molar-refractivity contribution in [1.29, 1.82) is 0 Å². The molecule has 1 saturated heterocycles. The standard InChI is InChI=1S/C25H30N2O6/c1-3-32-25(30)33-22-10-6-20(7-11-22)24(29)27-14-12-19(13-15-27)17-26-23(28)16-18-4-8-21(31-2)9-5-18/h4-11,19H,3,12-17H2,1-2H3,(H,26,28). The highest BCUT2D eigenvalue weighted by molar-refractivity contribution is 5.94. The predicted octanol–water partition coefficient (Wildman–Crippen LogP) is 3.44. The molecule has 176 valence electrons. The molecule has 8 nitrogen and oxygen atoms in total. The van der Waals surface area contributed by atoms with Gasteiger partial charge in [0, 0.05) is 25.2 Å². The molecular weight excluding hydrogens is 424 g/mol. The Kier molecular flexibility index (Phi) is 8.69. The van der Waals surface area contributed by atoms with Gasteiger partial charge in [0.1, 0.15) is 11.5 Å². The Labute approximate surface area is 193 Å². The zero-order chi connectivity index (χ0) is 23.6. The Bertz CT molecular complexity index is 934. The largest absolute Gasteiger partial charge is 0.513 e. The van der Waals surface area contributed by atoms with Gasteiger partial charge in [0.05, 0.1) is 20.1 Å². The maximum atomic E-state index is 12.8. The minimum absolute atomic E-state index is 0.0104. The number of nitrogens with one attached hydrogen (secondary N) is 1. The van der Waals surface area contributed by atoms with E-state index in [1.165, 1.54) is 0 Å². The van der Waals surface area contributed by atoms with Gasteiger partial charge in [-0.3, -0.25) is 9.59 Å². The number of carbonyl (C=O) groups excluding carboxylic acids is 3. The van der Waals surface area contributed by atoms with Crippen LogP contribution in [0.15, 0.2) is 48.5 Å². The molecule has 0 spiro atoms. The number of nitrogens with zero attached hydrogens (tertiary/aromatic N) is 1. The van der Waals surface area contributed by atoms with Crippen LogP contribution in [0.5, 0.6) is 11.5 Å². The molecule has 2 amide bonds. The fraction of sp³-hybridized carbons (Fsp3) is 0.400. The van der Waals surface area contributed by atoms with E-state index in [4.69, 9.17) is 14.2 Å². The first-order valence-corrected chi connectivity index (χ1v) is 11.1. The smallest absolute Gasteiger partial charge is 0.497 e. The van der Waals surface area contributed by atoms with Crippen LogP contribution in [0.3, 0.4) is 0 Å². The number of hydrogen-bond donors (Lipinski definition) is 1. The third-order valence-electron chi connectivity index (χ3n) is 5.58. The van der Waals surface area contributed by atoms with Crippen LogP contribution >= 0.6 is 0 Å². The number of ether oxygens (including phenoxy) is 3. The molecule has 1 N–H and O–H groups in total. The van der Waals surface area contributed by atoms with Crippen LogP contribution in [0.4, 0.5) is 4.79 Å². The molecular formula is C25H30N2O6. The fourth-order valence-corrected chi connectivity index (χ4v) is 3.68. The summed E-state index contributed by atoms with van der Waals surface area (Å²) in [6, 6.07) is 13.9. The van der Waals surface area contributed by atoms with Crippen LogP contribution in [0.1, 0.15) is 35.7 Å². The van der Waals surface area contributed by atoms with Gasteiger partial charge in [-0.1, -0.05) is 12.1 Å². The second kappa shape index (κ2) is 11.9. The molecule has 2 aromatic carbocycles. The summed E-state index contributed by atoms with van der Waals surface area (Å²) in [4.78, 5) is 38.2. The average Bonchev–Trinajstić information content (AvgIpc) is 2.84. The lowest BCUT2D eigenvalue weighted by Gasteiger charge is -2.32. The second-order valence-corrected chi connectivity index (χ2v) is 7.87. The van der Waals surface area contributed by atoms with Crippen molar-refractivity contribution in [3.8, 4) is 11.5 Å². The number of benzene rings is 2. The van der Waals surface area contributed by atoms with Gasteiger partial charge in [-0.05, 0) is 67.6 Å². The maximum Gasteiger partial charge on any atom is 0.513 e. The maximum absolute atomic E-state index is 12.8. The first kappa shape index (κ1) is 24.1. The van der Waals surface area contributed by atoms with Crippen molar-refractivity contribution in [2.45, 2.75) is 26.2 Å². The predicted molar refractivity (Wildman–Crippen MR) is 122 cm³/mol. The lowest BCUT2D eigenvalue weighted by atomic mass is 9.96. The summed E-state index contributed by atoms with van der Waals surface area (Å²) in [6.45, 7) is 3.81. The lowest BCUT2D eigenvalue weighted by Crippen LogP contribution is -2.41. The number of piperidine rings is 1. The van der Waals surface area contributed by atoms with E-state index < -0.39 is 6.16 Å². The normalized spacial score (nSPS) is 13.8. The molecule has 0 aliphatic carbocycles. The molecule has 0 bridgehead atoms. The zero-order valence-corrected chi connectivity index (χ0v) is 19.0. The molecule has 1 aliphatic heterocycles. The van der Waals surface area contributed by atoms with Crippen LogP contribution in [0.25, 0.3) is 0 Å². The summed E-state index contributed by atoms with van der Waals surface area (Å²) in [5.41, 5.74) is 1.48. The van der Waals surface area contributed by atoms with Gasteiger partial charge >= 0.3 is 6.16 Å². The van der Waals surface area contributed by atoms with Crippen molar-refractivity contribution >= 4 is 18.0 Å². The lowest BCUT2D eigenvalue weighted by molar-refractivity contribution is -0.120. The van der Waals surface area contributed by atoms with Crippen molar-refractivity contribution < 1.29 is 28.6 Å². The van der Waals surface area contributed by atoms with Gasteiger partial charge in [-0.15, -0.1) is 0 Å². The summed E-state index contributed by atoms with van der Waals surface area (Å²) < 4.78 is 14.9. The van der Waals surface area contributed by atoms with Crippen molar-refractivity contribution in [3.63, 3.8) is 0 Å². The molecule has 0 saturated carbocycles. The molecule has 0 unspecified atom stereocenters. The number of likely N-dealkylation sites (tertiary alicyclic amines) is 1. The summed E-state index contributed by atoms with van der Waals surface area (Å²) in [5.74, 6) is 1.37. The topological polar surface area (TPSA) is 94.2 Å². The van der Waals surface area contributed by atoms with Gasteiger partial charge in [0.2, 0.25) is 5.91 Å². The van der Waals surface area contributed by atoms with Crippen molar-refractivity contribution in [3.05, 3.63) is 59.7 Å². The fourth-order valence-electron chi connectivity index (χ4n) is 3.68. The van der Waals surface area contributed by atoms with E-state index in [-0.39, 0.29) is 18.4 Å². The number of methoxy groups -OCH3 is 1. The minimum Gasteiger partial charge on any atom is -0.497 e. The molecule has 0 aromatic heterocycles. The van der Waals surface area contributed by atoms with E-state index in [1.807, 2.05) is 29.2 Å². The average molecular weight is 455 g/mol. The van der Waals surface area contributed by atoms with E-state index in [2.05, 4.69) is 5.32 Å². The van der Waals surface area contributed by atoms with Crippen LogP contribution in [0, 0.1) is 5.92 Å². The van der Waals surface area contributed by atoms with Crippen LogP contribution < -0.4 is 14.8 Å². The Morgan fingerprint density at radius 1 is 0.970 bits per heavy atom. The molecule has 1 aliphatic rings. The highest BCUT2D eigenvalue weighted by Gasteiger charge is 2.24.